The highest BCUT2D eigenvalue weighted by Crippen LogP contribution is 2.19. The van der Waals surface area contributed by atoms with E-state index in [1.165, 1.54) is 12.5 Å². The Labute approximate surface area is 107 Å². The highest BCUT2D eigenvalue weighted by atomic mass is 16.4. The van der Waals surface area contributed by atoms with E-state index in [-0.39, 0.29) is 5.69 Å². The molecule has 1 aromatic rings. The number of carboxylic acids is 1. The zero-order chi connectivity index (χ0) is 13.1. The summed E-state index contributed by atoms with van der Waals surface area (Å²) in [5.41, 5.74) is 0.100. The molecule has 0 amide bonds. The Hall–Kier alpha value is -1.62. The molecule has 1 atom stereocenters. The second-order valence-electron chi connectivity index (χ2n) is 4.86. The largest absolute Gasteiger partial charge is 0.477 e. The number of hydrogen-bond acceptors (Lipinski definition) is 4. The second-order valence-corrected chi connectivity index (χ2v) is 4.86. The van der Waals surface area contributed by atoms with Gasteiger partial charge in [0.1, 0.15) is 5.82 Å². The quantitative estimate of drug-likeness (QED) is 0.875. The minimum absolute atomic E-state index is 0.100. The van der Waals surface area contributed by atoms with Crippen LogP contribution in [0.3, 0.4) is 0 Å². The van der Waals surface area contributed by atoms with Gasteiger partial charge in [-0.25, -0.2) is 9.78 Å². The summed E-state index contributed by atoms with van der Waals surface area (Å²) in [6.45, 7) is 2.13. The normalized spacial score (nSPS) is 20.7. The number of aromatic nitrogens is 1. The second kappa shape index (κ2) is 5.35. The standard InChI is InChI=1S/C13H19N3O2/c1-15-8-4-5-10(9-15)16(2)12-7-3-6-11(14-12)13(17)18/h3,6-7,10H,4-5,8-9H2,1-2H3,(H,17,18). The molecule has 1 aliphatic rings. The van der Waals surface area contributed by atoms with E-state index in [2.05, 4.69) is 21.8 Å². The molecular formula is C13H19N3O2. The van der Waals surface area contributed by atoms with Gasteiger partial charge < -0.3 is 14.9 Å². The lowest BCUT2D eigenvalue weighted by molar-refractivity contribution is 0.0690. The molecule has 1 unspecified atom stereocenters. The van der Waals surface area contributed by atoms with E-state index in [1.54, 1.807) is 6.07 Å². The van der Waals surface area contributed by atoms with Crippen molar-refractivity contribution in [3.63, 3.8) is 0 Å². The van der Waals surface area contributed by atoms with Gasteiger partial charge in [-0.2, -0.15) is 0 Å². The first-order valence-corrected chi connectivity index (χ1v) is 6.19. The number of hydrogen-bond donors (Lipinski definition) is 1. The van der Waals surface area contributed by atoms with E-state index in [9.17, 15) is 4.79 Å². The van der Waals surface area contributed by atoms with E-state index < -0.39 is 5.97 Å². The summed E-state index contributed by atoms with van der Waals surface area (Å²) >= 11 is 0. The van der Waals surface area contributed by atoms with Crippen LogP contribution in [0, 0.1) is 0 Å². The number of likely N-dealkylation sites (tertiary alicyclic amines) is 1. The number of likely N-dealkylation sites (N-methyl/N-ethyl adjacent to an activating group) is 2. The van der Waals surface area contributed by atoms with Crippen LogP contribution in [0.25, 0.3) is 0 Å². The first kappa shape index (κ1) is 12.8. The smallest absolute Gasteiger partial charge is 0.354 e. The number of piperidine rings is 1. The lowest BCUT2D eigenvalue weighted by atomic mass is 10.1. The van der Waals surface area contributed by atoms with Gasteiger partial charge in [0.15, 0.2) is 5.69 Å². The first-order valence-electron chi connectivity index (χ1n) is 6.19. The topological polar surface area (TPSA) is 56.7 Å². The molecule has 1 N–H and O–H groups in total. The van der Waals surface area contributed by atoms with Crippen LogP contribution >= 0.6 is 0 Å². The Morgan fingerprint density at radius 3 is 3.00 bits per heavy atom. The molecule has 0 spiro atoms. The zero-order valence-corrected chi connectivity index (χ0v) is 10.8. The SMILES string of the molecule is CN1CCCC(N(C)c2cccc(C(=O)O)n2)C1. The molecule has 1 fully saturated rings. The molecule has 0 saturated carbocycles. The Morgan fingerprint density at radius 2 is 2.33 bits per heavy atom. The molecular weight excluding hydrogens is 230 g/mol. The average molecular weight is 249 g/mol. The molecule has 0 aromatic carbocycles. The molecule has 98 valence electrons. The summed E-state index contributed by atoms with van der Waals surface area (Å²) in [6.07, 6.45) is 2.30. The molecule has 1 aromatic heterocycles. The van der Waals surface area contributed by atoms with Crippen LogP contribution in [0.5, 0.6) is 0 Å². The third-order valence-corrected chi connectivity index (χ3v) is 3.46. The van der Waals surface area contributed by atoms with Crippen molar-refractivity contribution in [3.8, 4) is 0 Å². The molecule has 2 heterocycles. The Balaban J connectivity index is 2.14. The van der Waals surface area contributed by atoms with E-state index in [0.29, 0.717) is 6.04 Å². The minimum Gasteiger partial charge on any atom is -0.477 e. The molecule has 0 radical (unpaired) electrons. The fourth-order valence-corrected chi connectivity index (χ4v) is 2.38. The summed E-state index contributed by atoms with van der Waals surface area (Å²) in [6, 6.07) is 5.53. The molecule has 5 nitrogen and oxygen atoms in total. The van der Waals surface area contributed by atoms with Gasteiger partial charge in [-0.1, -0.05) is 6.07 Å². The van der Waals surface area contributed by atoms with Crippen molar-refractivity contribution in [3.05, 3.63) is 23.9 Å². The molecule has 18 heavy (non-hydrogen) atoms. The number of aromatic carboxylic acids is 1. The van der Waals surface area contributed by atoms with E-state index >= 15 is 0 Å². The first-order chi connectivity index (χ1) is 8.58. The van der Waals surface area contributed by atoms with Gasteiger partial charge in [-0.3, -0.25) is 0 Å². The van der Waals surface area contributed by atoms with Crippen molar-refractivity contribution in [1.29, 1.82) is 0 Å². The predicted molar refractivity (Wildman–Crippen MR) is 70.1 cm³/mol. The van der Waals surface area contributed by atoms with E-state index in [0.717, 1.165) is 25.3 Å². The third kappa shape index (κ3) is 2.79. The number of carboxylic acid groups (broad SMARTS) is 1. The van der Waals surface area contributed by atoms with Crippen molar-refractivity contribution in [2.24, 2.45) is 0 Å². The lowest BCUT2D eigenvalue weighted by Crippen LogP contribution is -2.45. The lowest BCUT2D eigenvalue weighted by Gasteiger charge is -2.36. The van der Waals surface area contributed by atoms with Crippen LogP contribution in [0.4, 0.5) is 5.82 Å². The maximum Gasteiger partial charge on any atom is 0.354 e. The third-order valence-electron chi connectivity index (χ3n) is 3.46. The van der Waals surface area contributed by atoms with Gasteiger partial charge in [-0.15, -0.1) is 0 Å². The van der Waals surface area contributed by atoms with E-state index in [1.807, 2.05) is 13.1 Å². The van der Waals surface area contributed by atoms with Gasteiger partial charge in [-0.05, 0) is 38.6 Å². The summed E-state index contributed by atoms with van der Waals surface area (Å²) in [5.74, 6) is -0.249. The molecule has 1 aliphatic heterocycles. The fourth-order valence-electron chi connectivity index (χ4n) is 2.38. The molecule has 0 aliphatic carbocycles. The van der Waals surface area contributed by atoms with Gasteiger partial charge in [0, 0.05) is 19.6 Å². The maximum absolute atomic E-state index is 10.9. The highest BCUT2D eigenvalue weighted by Gasteiger charge is 2.22. The summed E-state index contributed by atoms with van der Waals surface area (Å²) in [5, 5.41) is 8.95. The van der Waals surface area contributed by atoms with Gasteiger partial charge in [0.2, 0.25) is 0 Å². The van der Waals surface area contributed by atoms with Gasteiger partial charge >= 0.3 is 5.97 Å². The zero-order valence-electron chi connectivity index (χ0n) is 10.8. The van der Waals surface area contributed by atoms with Gasteiger partial charge in [0.05, 0.1) is 0 Å². The van der Waals surface area contributed by atoms with Crippen LogP contribution in [0.15, 0.2) is 18.2 Å². The summed E-state index contributed by atoms with van der Waals surface area (Å²) in [4.78, 5) is 19.5. The number of carbonyl (C=O) groups is 1. The number of nitrogens with zero attached hydrogens (tertiary/aromatic N) is 3. The van der Waals surface area contributed by atoms with Crippen molar-refractivity contribution in [2.45, 2.75) is 18.9 Å². The van der Waals surface area contributed by atoms with Crippen molar-refractivity contribution in [1.82, 2.24) is 9.88 Å². The molecule has 2 rings (SSSR count). The van der Waals surface area contributed by atoms with Crippen LogP contribution in [0.2, 0.25) is 0 Å². The number of rotatable bonds is 3. The molecule has 1 saturated heterocycles. The highest BCUT2D eigenvalue weighted by molar-refractivity contribution is 5.85. The summed E-state index contributed by atoms with van der Waals surface area (Å²) in [7, 11) is 4.10. The van der Waals surface area contributed by atoms with Crippen LogP contribution in [-0.2, 0) is 0 Å². The minimum atomic E-state index is -0.981. The number of anilines is 1. The predicted octanol–water partition coefficient (Wildman–Crippen LogP) is 1.31. The Morgan fingerprint density at radius 1 is 1.56 bits per heavy atom. The van der Waals surface area contributed by atoms with Crippen LogP contribution in [-0.4, -0.2) is 54.2 Å². The van der Waals surface area contributed by atoms with E-state index in [4.69, 9.17) is 5.11 Å². The van der Waals surface area contributed by atoms with Crippen molar-refractivity contribution in [2.75, 3.05) is 32.1 Å². The Bertz CT molecular complexity index is 436. The van der Waals surface area contributed by atoms with Crippen molar-refractivity contribution < 1.29 is 9.90 Å². The monoisotopic (exact) mass is 249 g/mol. The average Bonchev–Trinajstić information content (AvgIpc) is 2.38. The molecule has 5 heteroatoms. The summed E-state index contributed by atoms with van der Waals surface area (Å²) < 4.78 is 0. The molecule has 0 bridgehead atoms. The van der Waals surface area contributed by atoms with Crippen molar-refractivity contribution >= 4 is 11.8 Å². The van der Waals surface area contributed by atoms with Crippen LogP contribution in [0.1, 0.15) is 23.3 Å². The van der Waals surface area contributed by atoms with Gasteiger partial charge in [0.25, 0.3) is 0 Å². The fraction of sp³-hybridized carbons (Fsp3) is 0.538. The number of pyridine rings is 1. The van der Waals surface area contributed by atoms with Crippen LogP contribution < -0.4 is 4.90 Å². The maximum atomic E-state index is 10.9. The Kier molecular flexibility index (Phi) is 3.81.